The average molecular weight is 355 g/mol. The molecule has 0 spiro atoms. The van der Waals surface area contributed by atoms with Crippen LogP contribution in [0.15, 0.2) is 53.5 Å². The maximum absolute atomic E-state index is 5.66. The molecule has 5 heteroatoms. The van der Waals surface area contributed by atoms with Crippen molar-refractivity contribution in [3.63, 3.8) is 0 Å². The van der Waals surface area contributed by atoms with Crippen molar-refractivity contribution in [1.82, 2.24) is 10.6 Å². The first kappa shape index (κ1) is 19.8. The van der Waals surface area contributed by atoms with E-state index in [0.717, 1.165) is 23.9 Å². The third-order valence-corrected chi connectivity index (χ3v) is 3.90. The van der Waals surface area contributed by atoms with E-state index < -0.39 is 0 Å². The molecule has 5 nitrogen and oxygen atoms in total. The van der Waals surface area contributed by atoms with Gasteiger partial charge in [-0.25, -0.2) is 0 Å². The molecule has 0 saturated carbocycles. The van der Waals surface area contributed by atoms with Crippen LogP contribution in [0.5, 0.6) is 5.75 Å². The van der Waals surface area contributed by atoms with Crippen LogP contribution in [-0.2, 0) is 24.4 Å². The summed E-state index contributed by atoms with van der Waals surface area (Å²) in [5.41, 5.74) is 3.49. The number of guanidine groups is 1. The molecule has 26 heavy (non-hydrogen) atoms. The Morgan fingerprint density at radius 3 is 2.27 bits per heavy atom. The standard InChI is InChI=1S/C21H29N3O2/c1-4-25-16-18-12-10-17(11-13-18)14-23-21(22-3)24-15-19-8-6-7-9-20(19)26-5-2/h6-13H,4-5,14-16H2,1-3H3,(H2,22,23,24). The monoisotopic (exact) mass is 355 g/mol. The van der Waals surface area contributed by atoms with Crippen molar-refractivity contribution in [3.8, 4) is 5.75 Å². The van der Waals surface area contributed by atoms with Crippen molar-refractivity contribution in [3.05, 3.63) is 65.2 Å². The predicted octanol–water partition coefficient (Wildman–Crippen LogP) is 3.49. The van der Waals surface area contributed by atoms with Crippen LogP contribution in [0.25, 0.3) is 0 Å². The third-order valence-electron chi connectivity index (χ3n) is 3.90. The molecule has 0 aromatic heterocycles. The average Bonchev–Trinajstić information content (AvgIpc) is 2.68. The quantitative estimate of drug-likeness (QED) is 0.534. The van der Waals surface area contributed by atoms with Gasteiger partial charge in [0.15, 0.2) is 5.96 Å². The lowest BCUT2D eigenvalue weighted by molar-refractivity contribution is 0.134. The van der Waals surface area contributed by atoms with Gasteiger partial charge in [-0.05, 0) is 31.0 Å². The number of hydrogen-bond acceptors (Lipinski definition) is 3. The lowest BCUT2D eigenvalue weighted by Crippen LogP contribution is -2.36. The van der Waals surface area contributed by atoms with Gasteiger partial charge < -0.3 is 20.1 Å². The summed E-state index contributed by atoms with van der Waals surface area (Å²) in [5.74, 6) is 1.66. The largest absolute Gasteiger partial charge is 0.494 e. The number of nitrogens with zero attached hydrogens (tertiary/aromatic N) is 1. The molecular weight excluding hydrogens is 326 g/mol. The van der Waals surface area contributed by atoms with Gasteiger partial charge in [0.2, 0.25) is 0 Å². The Kier molecular flexibility index (Phi) is 8.49. The predicted molar refractivity (Wildman–Crippen MR) is 106 cm³/mol. The summed E-state index contributed by atoms with van der Waals surface area (Å²) >= 11 is 0. The smallest absolute Gasteiger partial charge is 0.191 e. The van der Waals surface area contributed by atoms with Crippen molar-refractivity contribution < 1.29 is 9.47 Å². The maximum atomic E-state index is 5.66. The molecule has 0 aliphatic rings. The number of ether oxygens (including phenoxy) is 2. The van der Waals surface area contributed by atoms with Gasteiger partial charge in [-0.15, -0.1) is 0 Å². The van der Waals surface area contributed by atoms with Gasteiger partial charge in [-0.1, -0.05) is 42.5 Å². The Hall–Kier alpha value is -2.53. The highest BCUT2D eigenvalue weighted by Gasteiger charge is 2.04. The zero-order valence-corrected chi connectivity index (χ0v) is 15.9. The molecule has 2 N–H and O–H groups in total. The topological polar surface area (TPSA) is 54.9 Å². The molecule has 0 unspecified atom stereocenters. The third kappa shape index (κ3) is 6.41. The fraction of sp³-hybridized carbons (Fsp3) is 0.381. The van der Waals surface area contributed by atoms with E-state index in [1.165, 1.54) is 11.1 Å². The molecule has 0 fully saturated rings. The molecular formula is C21H29N3O2. The fourth-order valence-electron chi connectivity index (χ4n) is 2.50. The molecule has 0 aliphatic carbocycles. The highest BCUT2D eigenvalue weighted by atomic mass is 16.5. The normalized spacial score (nSPS) is 11.3. The highest BCUT2D eigenvalue weighted by Crippen LogP contribution is 2.17. The molecule has 0 radical (unpaired) electrons. The number of benzene rings is 2. The Morgan fingerprint density at radius 2 is 1.58 bits per heavy atom. The van der Waals surface area contributed by atoms with E-state index >= 15 is 0 Å². The van der Waals surface area contributed by atoms with Gasteiger partial charge in [0, 0.05) is 32.3 Å². The van der Waals surface area contributed by atoms with Crippen LogP contribution in [0.4, 0.5) is 0 Å². The van der Waals surface area contributed by atoms with E-state index in [2.05, 4.69) is 46.0 Å². The lowest BCUT2D eigenvalue weighted by Gasteiger charge is -2.14. The second-order valence-corrected chi connectivity index (χ2v) is 5.77. The molecule has 0 atom stereocenters. The van der Waals surface area contributed by atoms with E-state index in [9.17, 15) is 0 Å². The highest BCUT2D eigenvalue weighted by molar-refractivity contribution is 5.79. The molecule has 0 amide bonds. The number of para-hydroxylation sites is 1. The molecule has 0 bridgehead atoms. The zero-order valence-electron chi connectivity index (χ0n) is 15.9. The number of hydrogen-bond donors (Lipinski definition) is 2. The number of aliphatic imine (C=N–C) groups is 1. The Labute approximate surface area is 156 Å². The van der Waals surface area contributed by atoms with Crippen molar-refractivity contribution in [1.29, 1.82) is 0 Å². The van der Waals surface area contributed by atoms with Gasteiger partial charge in [-0.2, -0.15) is 0 Å². The fourth-order valence-corrected chi connectivity index (χ4v) is 2.50. The summed E-state index contributed by atoms with van der Waals surface area (Å²) in [6.07, 6.45) is 0. The first-order valence-corrected chi connectivity index (χ1v) is 9.07. The summed E-state index contributed by atoms with van der Waals surface area (Å²) in [6, 6.07) is 16.5. The van der Waals surface area contributed by atoms with Crippen LogP contribution in [-0.4, -0.2) is 26.2 Å². The summed E-state index contributed by atoms with van der Waals surface area (Å²) in [4.78, 5) is 4.29. The van der Waals surface area contributed by atoms with Gasteiger partial charge >= 0.3 is 0 Å². The summed E-state index contributed by atoms with van der Waals surface area (Å²) < 4.78 is 11.1. The second kappa shape index (κ2) is 11.2. The molecule has 2 aromatic carbocycles. The van der Waals surface area contributed by atoms with Crippen LogP contribution in [0.3, 0.4) is 0 Å². The van der Waals surface area contributed by atoms with Gasteiger partial charge in [0.05, 0.1) is 13.2 Å². The van der Waals surface area contributed by atoms with E-state index in [-0.39, 0.29) is 0 Å². The van der Waals surface area contributed by atoms with Crippen LogP contribution in [0, 0.1) is 0 Å². The van der Waals surface area contributed by atoms with Gasteiger partial charge in [0.25, 0.3) is 0 Å². The minimum atomic E-state index is 0.656. The molecule has 0 heterocycles. The van der Waals surface area contributed by atoms with Gasteiger partial charge in [0.1, 0.15) is 5.75 Å². The van der Waals surface area contributed by atoms with Crippen LogP contribution in [0.1, 0.15) is 30.5 Å². The summed E-state index contributed by atoms with van der Waals surface area (Å²) in [6.45, 7) is 7.41. The maximum Gasteiger partial charge on any atom is 0.191 e. The van der Waals surface area contributed by atoms with E-state index in [4.69, 9.17) is 9.47 Å². The SMILES string of the molecule is CCOCc1ccc(CNC(=NC)NCc2ccccc2OCC)cc1. The summed E-state index contributed by atoms with van der Waals surface area (Å²) in [7, 11) is 1.77. The zero-order chi connectivity index (χ0) is 18.6. The molecule has 140 valence electrons. The van der Waals surface area contributed by atoms with Crippen molar-refractivity contribution >= 4 is 5.96 Å². The van der Waals surface area contributed by atoms with Gasteiger partial charge in [-0.3, -0.25) is 4.99 Å². The van der Waals surface area contributed by atoms with Crippen molar-refractivity contribution in [2.45, 2.75) is 33.5 Å². The first-order chi connectivity index (χ1) is 12.8. The number of rotatable bonds is 9. The first-order valence-electron chi connectivity index (χ1n) is 9.07. The minimum Gasteiger partial charge on any atom is -0.494 e. The molecule has 0 aliphatic heterocycles. The minimum absolute atomic E-state index is 0.656. The van der Waals surface area contributed by atoms with Crippen LogP contribution in [0.2, 0.25) is 0 Å². The van der Waals surface area contributed by atoms with Crippen molar-refractivity contribution in [2.24, 2.45) is 4.99 Å². The molecule has 2 aromatic rings. The lowest BCUT2D eigenvalue weighted by atomic mass is 10.1. The van der Waals surface area contributed by atoms with Crippen LogP contribution < -0.4 is 15.4 Å². The van der Waals surface area contributed by atoms with E-state index in [1.807, 2.05) is 32.0 Å². The Morgan fingerprint density at radius 1 is 0.885 bits per heavy atom. The molecule has 0 saturated heterocycles. The molecule has 2 rings (SSSR count). The number of nitrogens with one attached hydrogen (secondary N) is 2. The Bertz CT molecular complexity index is 684. The second-order valence-electron chi connectivity index (χ2n) is 5.77. The summed E-state index contributed by atoms with van der Waals surface area (Å²) in [5, 5.41) is 6.67. The van der Waals surface area contributed by atoms with E-state index in [1.54, 1.807) is 7.05 Å². The van der Waals surface area contributed by atoms with Crippen molar-refractivity contribution in [2.75, 3.05) is 20.3 Å². The Balaban J connectivity index is 1.84. The van der Waals surface area contributed by atoms with Crippen LogP contribution >= 0.6 is 0 Å². The van der Waals surface area contributed by atoms with E-state index in [0.29, 0.717) is 26.3 Å².